The van der Waals surface area contributed by atoms with Crippen molar-refractivity contribution in [2.24, 2.45) is 0 Å². The molecule has 0 saturated heterocycles. The highest BCUT2D eigenvalue weighted by molar-refractivity contribution is 7.26. The van der Waals surface area contributed by atoms with E-state index < -0.39 is 0 Å². The van der Waals surface area contributed by atoms with Crippen LogP contribution in [0.4, 0.5) is 51.2 Å². The van der Waals surface area contributed by atoms with Crippen LogP contribution in [0.1, 0.15) is 17.4 Å². The van der Waals surface area contributed by atoms with Crippen molar-refractivity contribution in [1.82, 2.24) is 0 Å². The fourth-order valence-electron chi connectivity index (χ4n) is 11.1. The Kier molecular flexibility index (Phi) is 11.1. The van der Waals surface area contributed by atoms with E-state index in [-0.39, 0.29) is 0 Å². The van der Waals surface area contributed by atoms with Crippen LogP contribution in [-0.2, 0) is 0 Å². The van der Waals surface area contributed by atoms with Crippen LogP contribution >= 0.6 is 34.0 Å². The van der Waals surface area contributed by atoms with E-state index in [2.05, 4.69) is 277 Å². The number of thiophene rings is 3. The van der Waals surface area contributed by atoms with E-state index in [4.69, 9.17) is 0 Å². The van der Waals surface area contributed by atoms with E-state index in [9.17, 15) is 0 Å². The Hall–Kier alpha value is -8.78. The van der Waals surface area contributed by atoms with Crippen molar-refractivity contribution in [2.75, 3.05) is 14.7 Å². The van der Waals surface area contributed by atoms with Crippen molar-refractivity contribution < 1.29 is 0 Å². The van der Waals surface area contributed by atoms with Crippen molar-refractivity contribution in [3.05, 3.63) is 260 Å². The first-order chi connectivity index (χ1) is 37.1. The summed E-state index contributed by atoms with van der Waals surface area (Å²) < 4.78 is 6.23. The van der Waals surface area contributed by atoms with Gasteiger partial charge in [0.05, 0.1) is 11.4 Å². The molecule has 0 aliphatic heterocycles. The number of hydrogen-bond acceptors (Lipinski definition) is 6. The largest absolute Gasteiger partial charge is 0.310 e. The third-order valence-electron chi connectivity index (χ3n) is 14.5. The first-order valence-electron chi connectivity index (χ1n) is 25.3. The molecule has 6 heteroatoms. The fraction of sp³-hybridized carbons (Fsp3) is 0.0145. The zero-order valence-corrected chi connectivity index (χ0v) is 43.5. The Morgan fingerprint density at radius 3 is 1.12 bits per heavy atom. The first-order valence-corrected chi connectivity index (χ1v) is 27.7. The first kappa shape index (κ1) is 44.9. The van der Waals surface area contributed by atoms with Crippen LogP contribution in [0.15, 0.2) is 249 Å². The van der Waals surface area contributed by atoms with E-state index in [0.717, 1.165) is 51.2 Å². The smallest absolute Gasteiger partial charge is 0.0540 e. The average molecular weight is 1010 g/mol. The van der Waals surface area contributed by atoms with Gasteiger partial charge in [-0.1, -0.05) is 164 Å². The second-order valence-electron chi connectivity index (χ2n) is 18.9. The van der Waals surface area contributed by atoms with Gasteiger partial charge in [0.25, 0.3) is 0 Å². The van der Waals surface area contributed by atoms with Gasteiger partial charge in [0.15, 0.2) is 0 Å². The molecule has 3 heterocycles. The Labute approximate surface area is 447 Å². The Morgan fingerprint density at radius 1 is 0.320 bits per heavy atom. The predicted molar refractivity (Wildman–Crippen MR) is 331 cm³/mol. The molecule has 0 fully saturated rings. The number of para-hydroxylation sites is 2. The van der Waals surface area contributed by atoms with Crippen molar-refractivity contribution in [1.29, 1.82) is 0 Å². The number of anilines is 9. The van der Waals surface area contributed by atoms with Crippen LogP contribution in [0.2, 0.25) is 0 Å². The van der Waals surface area contributed by atoms with E-state index in [1.54, 1.807) is 11.3 Å². The van der Waals surface area contributed by atoms with Gasteiger partial charge < -0.3 is 14.7 Å². The molecule has 0 atom stereocenters. The average Bonchev–Trinajstić information content (AvgIpc) is 4.15. The van der Waals surface area contributed by atoms with Gasteiger partial charge in [-0.3, -0.25) is 0 Å². The van der Waals surface area contributed by atoms with E-state index in [1.807, 2.05) is 28.7 Å². The fourth-order valence-corrected chi connectivity index (χ4v) is 14.5. The highest BCUT2D eigenvalue weighted by Gasteiger charge is 2.22. The maximum Gasteiger partial charge on any atom is 0.0540 e. The summed E-state index contributed by atoms with van der Waals surface area (Å²) in [5.74, 6) is 0. The highest BCUT2D eigenvalue weighted by Crippen LogP contribution is 2.48. The SMILES string of the molecule is C=Cc1sc2cc(N(c3ccc4c(c3)sc3cc(N(c5ccccc5)c5ccc6c(c5)sc5cc(N(c7ccccc7)c7cccc8ccccc78)ccc56)ccc34)c3cccc4ccccc34)ccc2c1/C=C\C. The lowest BCUT2D eigenvalue weighted by Crippen LogP contribution is -2.10. The number of rotatable bonds is 11. The molecular weight excluding hydrogens is 967 g/mol. The van der Waals surface area contributed by atoms with Gasteiger partial charge in [0, 0.05) is 106 Å². The van der Waals surface area contributed by atoms with E-state index in [1.165, 1.54) is 82.4 Å². The van der Waals surface area contributed by atoms with Crippen LogP contribution in [0, 0.1) is 0 Å². The van der Waals surface area contributed by atoms with Crippen molar-refractivity contribution >= 4 is 169 Å². The predicted octanol–water partition coefficient (Wildman–Crippen LogP) is 22.0. The summed E-state index contributed by atoms with van der Waals surface area (Å²) in [5, 5.41) is 11.1. The summed E-state index contributed by atoms with van der Waals surface area (Å²) in [7, 11) is 0. The molecule has 0 spiro atoms. The lowest BCUT2D eigenvalue weighted by atomic mass is 10.0. The summed E-state index contributed by atoms with van der Waals surface area (Å²) >= 11 is 5.52. The van der Waals surface area contributed by atoms with Gasteiger partial charge in [-0.05, 0) is 120 Å². The molecule has 14 rings (SSSR count). The van der Waals surface area contributed by atoms with Gasteiger partial charge in [0.1, 0.15) is 0 Å². The lowest BCUT2D eigenvalue weighted by Gasteiger charge is -2.27. The number of allylic oxidation sites excluding steroid dienone is 1. The molecule has 75 heavy (non-hydrogen) atoms. The third kappa shape index (κ3) is 7.77. The van der Waals surface area contributed by atoms with Crippen LogP contribution in [0.3, 0.4) is 0 Å². The lowest BCUT2D eigenvalue weighted by molar-refractivity contribution is 1.30. The molecule has 0 unspecified atom stereocenters. The quantitative estimate of drug-likeness (QED) is 0.128. The molecule has 356 valence electrons. The normalized spacial score (nSPS) is 11.8. The zero-order chi connectivity index (χ0) is 50.0. The minimum atomic E-state index is 1.11. The van der Waals surface area contributed by atoms with Gasteiger partial charge >= 0.3 is 0 Å². The molecular formula is C69H47N3S3. The van der Waals surface area contributed by atoms with Gasteiger partial charge in [-0.15, -0.1) is 34.0 Å². The topological polar surface area (TPSA) is 9.72 Å². The molecule has 14 aromatic rings. The van der Waals surface area contributed by atoms with Gasteiger partial charge in [-0.2, -0.15) is 0 Å². The second-order valence-corrected chi connectivity index (χ2v) is 22.1. The molecule has 0 saturated carbocycles. The zero-order valence-electron chi connectivity index (χ0n) is 41.0. The molecule has 0 radical (unpaired) electrons. The maximum atomic E-state index is 4.16. The maximum absolute atomic E-state index is 4.16. The molecule has 3 nitrogen and oxygen atoms in total. The van der Waals surface area contributed by atoms with Gasteiger partial charge in [0.2, 0.25) is 0 Å². The Bertz CT molecular complexity index is 4530. The Morgan fingerprint density at radius 2 is 0.680 bits per heavy atom. The minimum absolute atomic E-state index is 1.11. The summed E-state index contributed by atoms with van der Waals surface area (Å²) in [5.41, 5.74) is 11.4. The molecule has 0 bridgehead atoms. The monoisotopic (exact) mass is 1010 g/mol. The van der Waals surface area contributed by atoms with Gasteiger partial charge in [-0.25, -0.2) is 0 Å². The molecule has 0 amide bonds. The molecule has 0 aliphatic carbocycles. The standard InChI is InChI=1S/C69H47N3S3/c1-3-17-56-57-37-33-52(43-65(57)73-64(56)4-2)72(63-29-16-21-46-19-12-14-27-55(46)63)53-34-39-61-59-36-31-50(41-67(59)75-69(61)44-53)70(47-22-7-5-8-23-47)49-30-35-58-60-38-32-51(42-68(60)74-66(58)40-49)71(48-24-9-6-10-25-48)62-28-15-20-45-18-11-13-26-54(45)62/h3-44H,2H2,1H3/b17-3-. The molecule has 0 aliphatic rings. The molecule has 0 N–H and O–H groups in total. The highest BCUT2D eigenvalue weighted by atomic mass is 32.1. The third-order valence-corrected chi connectivity index (χ3v) is 17.9. The summed E-state index contributed by atoms with van der Waals surface area (Å²) in [6, 6.07) is 86.9. The number of benzene rings is 11. The minimum Gasteiger partial charge on any atom is -0.310 e. The van der Waals surface area contributed by atoms with Crippen LogP contribution in [-0.4, -0.2) is 0 Å². The van der Waals surface area contributed by atoms with Crippen molar-refractivity contribution in [3.8, 4) is 0 Å². The molecule has 11 aromatic carbocycles. The summed E-state index contributed by atoms with van der Waals surface area (Å²) in [4.78, 5) is 8.43. The van der Waals surface area contributed by atoms with E-state index >= 15 is 0 Å². The van der Waals surface area contributed by atoms with E-state index in [0.29, 0.717) is 0 Å². The number of nitrogens with zero attached hydrogens (tertiary/aromatic N) is 3. The van der Waals surface area contributed by atoms with Crippen molar-refractivity contribution in [2.45, 2.75) is 6.92 Å². The summed E-state index contributed by atoms with van der Waals surface area (Å²) in [6.07, 6.45) is 6.29. The number of hydrogen-bond donors (Lipinski definition) is 0. The van der Waals surface area contributed by atoms with Crippen LogP contribution in [0.5, 0.6) is 0 Å². The van der Waals surface area contributed by atoms with Crippen molar-refractivity contribution in [3.63, 3.8) is 0 Å². The Balaban J connectivity index is 0.864. The van der Waals surface area contributed by atoms with Crippen LogP contribution < -0.4 is 14.7 Å². The second kappa shape index (κ2) is 18.6. The van der Waals surface area contributed by atoms with Crippen LogP contribution in [0.25, 0.3) is 84.1 Å². The number of fused-ring (bicyclic) bond motifs is 9. The summed E-state index contributed by atoms with van der Waals surface area (Å²) in [6.45, 7) is 6.23. The molecule has 3 aromatic heterocycles.